The molecule has 0 aliphatic heterocycles. The zero-order valence-corrected chi connectivity index (χ0v) is 13.5. The molecule has 5 heteroatoms. The lowest BCUT2D eigenvalue weighted by atomic mass is 10.2. The maximum absolute atomic E-state index is 12.5. The van der Waals surface area contributed by atoms with Crippen LogP contribution in [0.1, 0.15) is 29.8 Å². The molecule has 1 aromatic carbocycles. The first-order valence-corrected chi connectivity index (χ1v) is 7.65. The van der Waals surface area contributed by atoms with Gasteiger partial charge in [0.25, 0.3) is 5.91 Å². The smallest absolute Gasteiger partial charge is 0.256 e. The third-order valence-electron chi connectivity index (χ3n) is 3.54. The third kappa shape index (κ3) is 3.04. The van der Waals surface area contributed by atoms with Crippen molar-refractivity contribution in [3.8, 4) is 11.5 Å². The molecule has 0 aliphatic carbocycles. The molecular formula is C18H20N4O. The minimum absolute atomic E-state index is 0.0720. The van der Waals surface area contributed by atoms with Gasteiger partial charge in [-0.2, -0.15) is 5.10 Å². The topological polar surface area (TPSA) is 51.9 Å². The molecule has 0 unspecified atom stereocenters. The molecule has 3 aromatic rings. The second kappa shape index (κ2) is 6.12. The van der Waals surface area contributed by atoms with E-state index in [1.165, 1.54) is 5.56 Å². The zero-order valence-electron chi connectivity index (χ0n) is 13.5. The van der Waals surface area contributed by atoms with Gasteiger partial charge in [0.05, 0.1) is 11.9 Å². The highest BCUT2D eigenvalue weighted by Crippen LogP contribution is 2.20. The number of amides is 1. The lowest BCUT2D eigenvalue weighted by molar-refractivity contribution is 0.0943. The van der Waals surface area contributed by atoms with Crippen LogP contribution in [0.5, 0.6) is 0 Å². The number of hydrogen-bond acceptors (Lipinski definition) is 2. The molecule has 5 nitrogen and oxygen atoms in total. The standard InChI is InChI=1S/C18H20N4O/c1-13(2)20-17(23)16-12-19-22(15-8-6-14(3)7-9-15)18(16)21-10-4-5-11-21/h4-13H,1-3H3,(H,20,23). The van der Waals surface area contributed by atoms with Crippen molar-refractivity contribution in [1.29, 1.82) is 0 Å². The monoisotopic (exact) mass is 308 g/mol. The second-order valence-electron chi connectivity index (χ2n) is 5.85. The predicted molar refractivity (Wildman–Crippen MR) is 90.2 cm³/mol. The van der Waals surface area contributed by atoms with Crippen LogP contribution in [0.15, 0.2) is 55.0 Å². The summed E-state index contributed by atoms with van der Waals surface area (Å²) in [6.45, 7) is 5.93. The zero-order chi connectivity index (χ0) is 16.4. The van der Waals surface area contributed by atoms with Gasteiger partial charge < -0.3 is 9.88 Å². The lowest BCUT2D eigenvalue weighted by Gasteiger charge is -2.12. The molecule has 23 heavy (non-hydrogen) atoms. The van der Waals surface area contributed by atoms with Gasteiger partial charge >= 0.3 is 0 Å². The van der Waals surface area contributed by atoms with Crippen molar-refractivity contribution in [3.05, 3.63) is 66.1 Å². The van der Waals surface area contributed by atoms with E-state index in [9.17, 15) is 4.79 Å². The number of rotatable bonds is 4. The fourth-order valence-corrected chi connectivity index (χ4v) is 2.44. The Bertz CT molecular complexity index is 798. The molecule has 0 aliphatic rings. The summed E-state index contributed by atoms with van der Waals surface area (Å²) < 4.78 is 3.69. The highest BCUT2D eigenvalue weighted by Gasteiger charge is 2.20. The third-order valence-corrected chi connectivity index (χ3v) is 3.54. The van der Waals surface area contributed by atoms with E-state index in [1.54, 1.807) is 10.9 Å². The first kappa shape index (κ1) is 15.1. The Labute approximate surface area is 135 Å². The largest absolute Gasteiger partial charge is 0.350 e. The average Bonchev–Trinajstić information content (AvgIpc) is 3.16. The number of nitrogens with zero attached hydrogens (tertiary/aromatic N) is 3. The molecule has 2 aromatic heterocycles. The molecule has 0 saturated carbocycles. The molecular weight excluding hydrogens is 288 g/mol. The number of hydrogen-bond donors (Lipinski definition) is 1. The minimum atomic E-state index is -0.123. The van der Waals surface area contributed by atoms with E-state index in [-0.39, 0.29) is 11.9 Å². The quantitative estimate of drug-likeness (QED) is 0.805. The van der Waals surface area contributed by atoms with Gasteiger partial charge in [-0.1, -0.05) is 17.7 Å². The van der Waals surface area contributed by atoms with Gasteiger partial charge in [0.15, 0.2) is 5.82 Å². The Morgan fingerprint density at radius 2 is 1.78 bits per heavy atom. The highest BCUT2D eigenvalue weighted by molar-refractivity contribution is 5.97. The van der Waals surface area contributed by atoms with Crippen molar-refractivity contribution in [1.82, 2.24) is 19.7 Å². The van der Waals surface area contributed by atoms with Gasteiger partial charge in [-0.3, -0.25) is 4.79 Å². The molecule has 3 rings (SSSR count). The van der Waals surface area contributed by atoms with Gasteiger partial charge in [-0.05, 0) is 45.0 Å². The van der Waals surface area contributed by atoms with Gasteiger partial charge in [0.2, 0.25) is 0 Å². The Kier molecular flexibility index (Phi) is 4.02. The number of aromatic nitrogens is 3. The molecule has 1 N–H and O–H groups in total. The summed E-state index contributed by atoms with van der Waals surface area (Å²) in [5, 5.41) is 7.37. The van der Waals surface area contributed by atoms with Crippen LogP contribution in [0.3, 0.4) is 0 Å². The number of benzene rings is 1. The van der Waals surface area contributed by atoms with Gasteiger partial charge in [-0.25, -0.2) is 4.68 Å². The Morgan fingerprint density at radius 1 is 1.13 bits per heavy atom. The Hall–Kier alpha value is -2.82. The summed E-state index contributed by atoms with van der Waals surface area (Å²) >= 11 is 0. The molecule has 0 atom stereocenters. The SMILES string of the molecule is Cc1ccc(-n2ncc(C(=O)NC(C)C)c2-n2cccc2)cc1. The average molecular weight is 308 g/mol. The predicted octanol–water partition coefficient (Wildman–Crippen LogP) is 3.11. The summed E-state index contributed by atoms with van der Waals surface area (Å²) in [5.74, 6) is 0.610. The van der Waals surface area contributed by atoms with Gasteiger partial charge in [0.1, 0.15) is 5.56 Å². The van der Waals surface area contributed by atoms with E-state index >= 15 is 0 Å². The molecule has 2 heterocycles. The maximum atomic E-state index is 12.5. The van der Waals surface area contributed by atoms with Crippen molar-refractivity contribution in [3.63, 3.8) is 0 Å². The first-order chi connectivity index (χ1) is 11.1. The van der Waals surface area contributed by atoms with Gasteiger partial charge in [-0.15, -0.1) is 0 Å². The van der Waals surface area contributed by atoms with Crippen LogP contribution < -0.4 is 5.32 Å². The fourth-order valence-electron chi connectivity index (χ4n) is 2.44. The second-order valence-corrected chi connectivity index (χ2v) is 5.85. The van der Waals surface area contributed by atoms with E-state index in [4.69, 9.17) is 0 Å². The number of carbonyl (C=O) groups is 1. The summed E-state index contributed by atoms with van der Waals surface area (Å²) in [7, 11) is 0. The van der Waals surface area contributed by atoms with Crippen LogP contribution in [-0.2, 0) is 0 Å². The first-order valence-electron chi connectivity index (χ1n) is 7.65. The summed E-state index contributed by atoms with van der Waals surface area (Å²) in [6.07, 6.45) is 5.44. The van der Waals surface area contributed by atoms with Crippen molar-refractivity contribution in [2.75, 3.05) is 0 Å². The van der Waals surface area contributed by atoms with E-state index in [1.807, 2.05) is 74.1 Å². The van der Waals surface area contributed by atoms with Crippen LogP contribution in [-0.4, -0.2) is 26.3 Å². The lowest BCUT2D eigenvalue weighted by Crippen LogP contribution is -2.30. The summed E-state index contributed by atoms with van der Waals surface area (Å²) in [4.78, 5) is 12.5. The van der Waals surface area contributed by atoms with Crippen LogP contribution in [0.4, 0.5) is 0 Å². The molecule has 0 spiro atoms. The van der Waals surface area contributed by atoms with Gasteiger partial charge in [0, 0.05) is 18.4 Å². The molecule has 0 bridgehead atoms. The van der Waals surface area contributed by atoms with Crippen LogP contribution in [0.25, 0.3) is 11.5 Å². The van der Waals surface area contributed by atoms with Crippen LogP contribution in [0.2, 0.25) is 0 Å². The van der Waals surface area contributed by atoms with Crippen LogP contribution in [0, 0.1) is 6.92 Å². The normalized spacial score (nSPS) is 11.0. The van der Waals surface area contributed by atoms with Crippen molar-refractivity contribution < 1.29 is 4.79 Å². The Balaban J connectivity index is 2.12. The van der Waals surface area contributed by atoms with Crippen molar-refractivity contribution in [2.45, 2.75) is 26.8 Å². The molecule has 0 radical (unpaired) electrons. The van der Waals surface area contributed by atoms with Crippen molar-refractivity contribution in [2.24, 2.45) is 0 Å². The minimum Gasteiger partial charge on any atom is -0.350 e. The molecule has 0 fully saturated rings. The number of aryl methyl sites for hydroxylation is 1. The fraction of sp³-hybridized carbons (Fsp3) is 0.222. The van der Waals surface area contributed by atoms with E-state index in [0.717, 1.165) is 11.5 Å². The molecule has 0 saturated heterocycles. The molecule has 1 amide bonds. The van der Waals surface area contributed by atoms with E-state index in [0.29, 0.717) is 5.56 Å². The number of nitrogens with one attached hydrogen (secondary N) is 1. The molecule has 118 valence electrons. The maximum Gasteiger partial charge on any atom is 0.256 e. The van der Waals surface area contributed by atoms with Crippen molar-refractivity contribution >= 4 is 5.91 Å². The summed E-state index contributed by atoms with van der Waals surface area (Å²) in [5.41, 5.74) is 2.65. The van der Waals surface area contributed by atoms with Crippen LogP contribution >= 0.6 is 0 Å². The summed E-state index contributed by atoms with van der Waals surface area (Å²) in [6, 6.07) is 12.0. The van der Waals surface area contributed by atoms with E-state index < -0.39 is 0 Å². The number of carbonyl (C=O) groups excluding carboxylic acids is 1. The Morgan fingerprint density at radius 3 is 2.39 bits per heavy atom. The van der Waals surface area contributed by atoms with E-state index in [2.05, 4.69) is 10.4 Å². The highest BCUT2D eigenvalue weighted by atomic mass is 16.1.